The van der Waals surface area contributed by atoms with Gasteiger partial charge in [0, 0.05) is 64.8 Å². The number of hydrogen-bond acceptors (Lipinski definition) is 6. The molecular formula is C36H52FN5O4. The van der Waals surface area contributed by atoms with Crippen molar-refractivity contribution < 1.29 is 23.5 Å². The molecule has 252 valence electrons. The Balaban J connectivity index is 1.46. The molecule has 1 aromatic carbocycles. The molecule has 0 bridgehead atoms. The van der Waals surface area contributed by atoms with E-state index in [0.29, 0.717) is 39.1 Å². The summed E-state index contributed by atoms with van der Waals surface area (Å²) in [7, 11) is 1.72. The Morgan fingerprint density at radius 2 is 1.85 bits per heavy atom. The van der Waals surface area contributed by atoms with Crippen LogP contribution in [0.2, 0.25) is 0 Å². The number of carbonyl (C=O) groups excluding carboxylic acids is 2. The van der Waals surface area contributed by atoms with Crippen LogP contribution in [-0.2, 0) is 17.7 Å². The average molecular weight is 638 g/mol. The number of hydrogen-bond donors (Lipinski definition) is 0. The first-order chi connectivity index (χ1) is 21.8. The van der Waals surface area contributed by atoms with Crippen LogP contribution in [0.5, 0.6) is 5.75 Å². The van der Waals surface area contributed by atoms with E-state index in [-0.39, 0.29) is 23.3 Å². The Bertz CT molecular complexity index is 1400. The highest BCUT2D eigenvalue weighted by atomic mass is 19.1. The highest BCUT2D eigenvalue weighted by Crippen LogP contribution is 2.23. The Hall–Kier alpha value is -3.92. The second kappa shape index (κ2) is 17.1. The third-order valence-corrected chi connectivity index (χ3v) is 7.70. The number of halogens is 1. The minimum Gasteiger partial charge on any atom is -0.490 e. The van der Waals surface area contributed by atoms with Gasteiger partial charge in [-0.3, -0.25) is 9.69 Å². The molecule has 0 aliphatic carbocycles. The molecule has 1 aromatic heterocycles. The SMILES string of the molecule is C=C(C)c1c(CCN(C)C(=O)c2ccc(OCCCN3CCN(C(=O)OC(C)(C)C)CC3)c(F)c2)nc(C)n1CC/C=C\C=C/C. The van der Waals surface area contributed by atoms with Crippen LogP contribution in [0.4, 0.5) is 9.18 Å². The van der Waals surface area contributed by atoms with E-state index in [4.69, 9.17) is 14.5 Å². The van der Waals surface area contributed by atoms with Crippen LogP contribution in [0.3, 0.4) is 0 Å². The number of piperazine rings is 1. The maximum atomic E-state index is 14.9. The number of nitrogens with zero attached hydrogens (tertiary/aromatic N) is 5. The second-order valence-corrected chi connectivity index (χ2v) is 12.8. The number of amides is 2. The molecule has 46 heavy (non-hydrogen) atoms. The molecule has 0 atom stereocenters. The summed E-state index contributed by atoms with van der Waals surface area (Å²) in [6, 6.07) is 4.36. The van der Waals surface area contributed by atoms with Gasteiger partial charge >= 0.3 is 6.09 Å². The molecule has 3 rings (SSSR count). The summed E-state index contributed by atoms with van der Waals surface area (Å²) >= 11 is 0. The highest BCUT2D eigenvalue weighted by Gasteiger charge is 2.26. The molecule has 1 saturated heterocycles. The van der Waals surface area contributed by atoms with E-state index in [1.165, 1.54) is 12.1 Å². The van der Waals surface area contributed by atoms with Crippen molar-refractivity contribution >= 4 is 17.6 Å². The Morgan fingerprint density at radius 3 is 2.48 bits per heavy atom. The first-order valence-electron chi connectivity index (χ1n) is 16.2. The van der Waals surface area contributed by atoms with Crippen molar-refractivity contribution in [3.63, 3.8) is 0 Å². The van der Waals surface area contributed by atoms with Crippen LogP contribution < -0.4 is 4.74 Å². The number of rotatable bonds is 14. The van der Waals surface area contributed by atoms with Gasteiger partial charge in [0.05, 0.1) is 18.0 Å². The van der Waals surface area contributed by atoms with Gasteiger partial charge in [0.1, 0.15) is 11.4 Å². The summed E-state index contributed by atoms with van der Waals surface area (Å²) in [6.07, 6.45) is 10.0. The Labute approximate surface area is 274 Å². The van der Waals surface area contributed by atoms with Crippen molar-refractivity contribution in [2.24, 2.45) is 0 Å². The number of allylic oxidation sites excluding steroid dienone is 5. The van der Waals surface area contributed by atoms with E-state index in [2.05, 4.69) is 22.1 Å². The third-order valence-electron chi connectivity index (χ3n) is 7.70. The van der Waals surface area contributed by atoms with Gasteiger partial charge in [0.2, 0.25) is 0 Å². The van der Waals surface area contributed by atoms with Gasteiger partial charge in [-0.25, -0.2) is 14.2 Å². The predicted octanol–water partition coefficient (Wildman–Crippen LogP) is 6.52. The molecule has 1 aliphatic heterocycles. The quantitative estimate of drug-likeness (QED) is 0.173. The van der Waals surface area contributed by atoms with Gasteiger partial charge < -0.3 is 23.8 Å². The summed E-state index contributed by atoms with van der Waals surface area (Å²) in [5.41, 5.74) is 2.60. The normalized spacial score (nSPS) is 14.3. The maximum absolute atomic E-state index is 14.9. The van der Waals surface area contributed by atoms with E-state index in [0.717, 1.165) is 55.4 Å². The number of ether oxygens (including phenoxy) is 2. The first kappa shape index (κ1) is 36.5. The predicted molar refractivity (Wildman–Crippen MR) is 182 cm³/mol. The summed E-state index contributed by atoms with van der Waals surface area (Å²) in [6.45, 7) is 20.8. The zero-order chi connectivity index (χ0) is 33.9. The molecule has 0 radical (unpaired) electrons. The van der Waals surface area contributed by atoms with Crippen LogP contribution in [0, 0.1) is 12.7 Å². The van der Waals surface area contributed by atoms with Gasteiger partial charge in [0.15, 0.2) is 11.6 Å². The van der Waals surface area contributed by atoms with Gasteiger partial charge in [-0.15, -0.1) is 0 Å². The summed E-state index contributed by atoms with van der Waals surface area (Å²) < 4.78 is 28.3. The molecule has 0 unspecified atom stereocenters. The Morgan fingerprint density at radius 1 is 1.13 bits per heavy atom. The van der Waals surface area contributed by atoms with Crippen molar-refractivity contribution in [3.8, 4) is 5.75 Å². The lowest BCUT2D eigenvalue weighted by molar-refractivity contribution is 0.0142. The molecule has 9 nitrogen and oxygen atoms in total. The number of carbonyl (C=O) groups is 2. The van der Waals surface area contributed by atoms with Crippen LogP contribution in [0.1, 0.15) is 75.0 Å². The monoisotopic (exact) mass is 637 g/mol. The van der Waals surface area contributed by atoms with E-state index in [9.17, 15) is 14.0 Å². The fourth-order valence-electron chi connectivity index (χ4n) is 5.34. The molecule has 2 aromatic rings. The molecule has 0 saturated carbocycles. The first-order valence-corrected chi connectivity index (χ1v) is 16.2. The smallest absolute Gasteiger partial charge is 0.410 e. The lowest BCUT2D eigenvalue weighted by atomic mass is 10.1. The molecule has 0 spiro atoms. The minimum absolute atomic E-state index is 0.127. The van der Waals surface area contributed by atoms with Gasteiger partial charge in [-0.2, -0.15) is 0 Å². The van der Waals surface area contributed by atoms with Gasteiger partial charge in [0.25, 0.3) is 5.91 Å². The molecule has 10 heteroatoms. The molecule has 2 heterocycles. The third kappa shape index (κ3) is 10.9. The molecular weight excluding hydrogens is 585 g/mol. The van der Waals surface area contributed by atoms with Crippen LogP contribution in [-0.4, -0.2) is 94.8 Å². The molecule has 2 amide bonds. The largest absolute Gasteiger partial charge is 0.490 e. The van der Waals surface area contributed by atoms with E-state index < -0.39 is 11.4 Å². The lowest BCUT2D eigenvalue weighted by Crippen LogP contribution is -2.50. The molecule has 1 fully saturated rings. The van der Waals surface area contributed by atoms with Crippen LogP contribution >= 0.6 is 0 Å². The van der Waals surface area contributed by atoms with E-state index in [1.807, 2.05) is 59.8 Å². The zero-order valence-corrected chi connectivity index (χ0v) is 28.8. The van der Waals surface area contributed by atoms with Gasteiger partial charge in [-0.1, -0.05) is 30.9 Å². The van der Waals surface area contributed by atoms with Crippen molar-refractivity contribution in [3.05, 3.63) is 77.7 Å². The standard InChI is InChI=1S/C36H52FN5O4/c1-9-10-11-12-13-19-42-28(4)38-31(33(42)27(2)3)17-20-39(8)34(43)29-15-16-32(30(37)26-29)45-25-14-18-40-21-23-41(24-22-40)35(44)46-36(5,6)7/h9-12,15-16,26H,2,13-14,17-25H2,1,3-8H3/b10-9-,12-11-. The van der Waals surface area contributed by atoms with Crippen LogP contribution in [0.25, 0.3) is 5.57 Å². The van der Waals surface area contributed by atoms with Crippen LogP contribution in [0.15, 0.2) is 49.1 Å². The number of benzene rings is 1. The van der Waals surface area contributed by atoms with Crippen molar-refractivity contribution in [2.75, 3.05) is 52.9 Å². The number of likely N-dealkylation sites (N-methyl/N-ethyl adjacent to an activating group) is 1. The zero-order valence-electron chi connectivity index (χ0n) is 28.8. The topological polar surface area (TPSA) is 80.1 Å². The van der Waals surface area contributed by atoms with E-state index >= 15 is 0 Å². The fraction of sp³-hybridized carbons (Fsp3) is 0.528. The van der Waals surface area contributed by atoms with Gasteiger partial charge in [-0.05, 0) is 78.2 Å². The average Bonchev–Trinajstić information content (AvgIpc) is 3.32. The minimum atomic E-state index is -0.562. The molecule has 0 N–H and O–H groups in total. The number of aromatic nitrogens is 2. The second-order valence-electron chi connectivity index (χ2n) is 12.8. The number of aryl methyl sites for hydroxylation is 1. The fourth-order valence-corrected chi connectivity index (χ4v) is 5.34. The summed E-state index contributed by atoms with van der Waals surface area (Å²) in [5.74, 6) is 0.215. The Kier molecular flexibility index (Phi) is 13.6. The number of imidazole rings is 1. The lowest BCUT2D eigenvalue weighted by Gasteiger charge is -2.35. The summed E-state index contributed by atoms with van der Waals surface area (Å²) in [5, 5.41) is 0. The van der Waals surface area contributed by atoms with Crippen molar-refractivity contribution in [1.29, 1.82) is 0 Å². The summed E-state index contributed by atoms with van der Waals surface area (Å²) in [4.78, 5) is 35.8. The van der Waals surface area contributed by atoms with E-state index in [1.54, 1.807) is 22.9 Å². The highest BCUT2D eigenvalue weighted by molar-refractivity contribution is 5.94. The van der Waals surface area contributed by atoms with Crippen molar-refractivity contribution in [1.82, 2.24) is 24.3 Å². The maximum Gasteiger partial charge on any atom is 0.410 e. The van der Waals surface area contributed by atoms with Crippen molar-refractivity contribution in [2.45, 2.75) is 73.0 Å². The molecule has 1 aliphatic rings.